The van der Waals surface area contributed by atoms with Crippen LogP contribution in [-0.2, 0) is 47.5 Å². The fourth-order valence-electron chi connectivity index (χ4n) is 12.1. The Balaban J connectivity index is 1.57. The molecule has 274 valence electrons. The summed E-state index contributed by atoms with van der Waals surface area (Å²) in [4.78, 5) is 41.1. The predicted octanol–water partition coefficient (Wildman–Crippen LogP) is 2.86. The normalized spacial score (nSPS) is 49.6. The molecule has 4 heterocycles. The highest BCUT2D eigenvalue weighted by Gasteiger charge is 3.01. The van der Waals surface area contributed by atoms with Crippen LogP contribution in [0.5, 0.6) is 0 Å². The van der Waals surface area contributed by atoms with E-state index < -0.39 is 105 Å². The van der Waals surface area contributed by atoms with Gasteiger partial charge in [-0.2, -0.15) is 0 Å². The van der Waals surface area contributed by atoms with Crippen molar-refractivity contribution in [2.75, 3.05) is 13.7 Å². The van der Waals surface area contributed by atoms with Gasteiger partial charge in [-0.1, -0.05) is 48.5 Å². The van der Waals surface area contributed by atoms with Crippen molar-refractivity contribution in [3.63, 3.8) is 0 Å². The second-order valence-corrected chi connectivity index (χ2v) is 17.1. The van der Waals surface area contributed by atoms with Crippen molar-refractivity contribution < 1.29 is 62.9 Å². The minimum absolute atomic E-state index is 0.0119. The Morgan fingerprint density at radius 3 is 2.43 bits per heavy atom. The van der Waals surface area contributed by atoms with Gasteiger partial charge < -0.3 is 48.5 Å². The van der Waals surface area contributed by atoms with Gasteiger partial charge >= 0.3 is 17.9 Å². The number of esters is 3. The van der Waals surface area contributed by atoms with E-state index in [4.69, 9.17) is 33.2 Å². The molecule has 0 aromatic carbocycles. The lowest BCUT2D eigenvalue weighted by Gasteiger charge is -2.77. The van der Waals surface area contributed by atoms with Crippen molar-refractivity contribution in [3.8, 4) is 0 Å². The van der Waals surface area contributed by atoms with Gasteiger partial charge in [0.15, 0.2) is 18.0 Å². The molecule has 4 aliphatic carbocycles. The maximum Gasteiger partial charge on any atom is 0.308 e. The summed E-state index contributed by atoms with van der Waals surface area (Å²) >= 11 is 0. The van der Waals surface area contributed by atoms with Gasteiger partial charge in [0.05, 0.1) is 32.3 Å². The maximum atomic E-state index is 14.0. The summed E-state index contributed by atoms with van der Waals surface area (Å²) in [7, 11) is 1.29. The lowest BCUT2D eigenvalue weighted by molar-refractivity contribution is -0.439. The quantitative estimate of drug-likeness (QED) is 0.183. The molecule has 3 bridgehead atoms. The predicted molar refractivity (Wildman–Crippen MR) is 168 cm³/mol. The zero-order chi connectivity index (χ0) is 35.7. The van der Waals surface area contributed by atoms with E-state index in [1.165, 1.54) is 7.11 Å². The molecule has 4 aliphatic heterocycles. The Bertz CT molecular complexity index is 1460. The molecule has 8 aliphatic rings. The highest BCUT2D eigenvalue weighted by molar-refractivity contribution is 5.75. The number of hydrogen-bond acceptors (Lipinski definition) is 13. The van der Waals surface area contributed by atoms with Crippen LogP contribution in [0.3, 0.4) is 0 Å². The number of aliphatic hydroxyl groups excluding tert-OH is 2. The summed E-state index contributed by atoms with van der Waals surface area (Å²) in [5.74, 6) is -4.31. The van der Waals surface area contributed by atoms with Gasteiger partial charge in [-0.05, 0) is 42.6 Å². The Hall–Kier alpha value is -2.29. The lowest BCUT2D eigenvalue weighted by atomic mass is 9.33. The Labute approximate surface area is 286 Å². The maximum absolute atomic E-state index is 14.0. The number of carbonyl (C=O) groups is 3. The molecule has 3 N–H and O–H groups in total. The zero-order valence-corrected chi connectivity index (χ0v) is 29.8. The first-order chi connectivity index (χ1) is 22.8. The van der Waals surface area contributed by atoms with Crippen molar-refractivity contribution in [2.24, 2.45) is 39.9 Å². The highest BCUT2D eigenvalue weighted by Crippen LogP contribution is 2.86. The number of rotatable bonds is 9. The molecule has 13 heteroatoms. The molecule has 7 fully saturated rings. The van der Waals surface area contributed by atoms with Crippen LogP contribution < -0.4 is 0 Å². The van der Waals surface area contributed by atoms with Gasteiger partial charge in [0.1, 0.15) is 22.9 Å². The number of fused-ring (bicyclic) bond motifs is 3. The van der Waals surface area contributed by atoms with E-state index in [1.54, 1.807) is 34.0 Å². The molecular weight excluding hydrogens is 640 g/mol. The van der Waals surface area contributed by atoms with Crippen molar-refractivity contribution >= 4 is 17.9 Å². The van der Waals surface area contributed by atoms with E-state index in [0.717, 1.165) is 5.57 Å². The van der Waals surface area contributed by atoms with Gasteiger partial charge in [0.2, 0.25) is 0 Å². The van der Waals surface area contributed by atoms with Crippen LogP contribution >= 0.6 is 0 Å². The van der Waals surface area contributed by atoms with Gasteiger partial charge in [0.25, 0.3) is 6.48 Å². The monoisotopic (exact) mass is 692 g/mol. The minimum atomic E-state index is -2.00. The topological polar surface area (TPSA) is 177 Å². The first-order valence-corrected chi connectivity index (χ1v) is 17.7. The Morgan fingerprint density at radius 1 is 1.10 bits per heavy atom. The van der Waals surface area contributed by atoms with Crippen LogP contribution in [0.1, 0.15) is 93.4 Å². The number of hydrogen-bond donors (Lipinski definition) is 3. The second-order valence-electron chi connectivity index (χ2n) is 17.1. The molecule has 4 saturated carbocycles. The average Bonchev–Trinajstić information content (AvgIpc) is 3.63. The molecule has 13 atom stereocenters. The van der Waals surface area contributed by atoms with E-state index in [1.807, 2.05) is 20.8 Å². The SMILES string of the molecule is COC(=O)CC1C2(C)C3(O)CCC(C)(CC4=COCC4)C4CC(=O)OC5C43O[C@@H](O)OC23C[C@@]1(C)[C@H](OC(=O)C(C)C)C53OC(O)C(C)C. The number of carbonyl (C=O) groups excluding carboxylic acids is 3. The summed E-state index contributed by atoms with van der Waals surface area (Å²) in [5.41, 5.74) is -9.86. The smallest absolute Gasteiger partial charge is 0.308 e. The Kier molecular flexibility index (Phi) is 7.79. The third-order valence-electron chi connectivity index (χ3n) is 14.1. The van der Waals surface area contributed by atoms with E-state index in [-0.39, 0.29) is 25.7 Å². The summed E-state index contributed by atoms with van der Waals surface area (Å²) in [5, 5.41) is 37.3. The fourth-order valence-corrected chi connectivity index (χ4v) is 12.1. The van der Waals surface area contributed by atoms with E-state index in [2.05, 4.69) is 0 Å². The molecule has 0 amide bonds. The first-order valence-electron chi connectivity index (χ1n) is 17.7. The lowest BCUT2D eigenvalue weighted by Crippen LogP contribution is -2.94. The van der Waals surface area contributed by atoms with Crippen LogP contribution in [0.25, 0.3) is 0 Å². The number of aliphatic hydroxyl groups is 3. The number of methoxy groups -OCH3 is 1. The van der Waals surface area contributed by atoms with E-state index >= 15 is 0 Å². The van der Waals surface area contributed by atoms with E-state index in [9.17, 15) is 29.7 Å². The average molecular weight is 693 g/mol. The summed E-state index contributed by atoms with van der Waals surface area (Å²) in [6.07, 6.45) is -1.01. The van der Waals surface area contributed by atoms with Gasteiger partial charge in [0, 0.05) is 35.5 Å². The molecule has 10 unspecified atom stereocenters. The van der Waals surface area contributed by atoms with Gasteiger partial charge in [-0.15, -0.1) is 0 Å². The van der Waals surface area contributed by atoms with Crippen LogP contribution in [0.15, 0.2) is 11.8 Å². The molecule has 2 spiro atoms. The molecule has 0 aromatic heterocycles. The molecule has 8 rings (SSSR count). The standard InChI is InChI=1S/C36H52O13/c1-18(2)25(39)46-27-31(6)17-34-32(7,22(31)14-23(37)43-8)33(42)11-10-30(5,15-20-9-12-44-16-20)21-13-24(38)45-28(35(21,33)49-29(41)48-34)36(27,34)47-26(40)19(3)4/h16,18-19,21-22,26-29,40-42H,9-15,17H2,1-8H3/t21?,22?,26?,27-,28?,29-,30?,31+,32?,33?,34?,35?,36?/m0/s1. The van der Waals surface area contributed by atoms with Crippen molar-refractivity contribution in [3.05, 3.63) is 11.8 Å². The number of ether oxygens (including phenoxy) is 7. The molecule has 49 heavy (non-hydrogen) atoms. The largest absolute Gasteiger partial charge is 0.501 e. The van der Waals surface area contributed by atoms with Crippen molar-refractivity contribution in [1.29, 1.82) is 0 Å². The summed E-state index contributed by atoms with van der Waals surface area (Å²) in [6, 6.07) is 0. The van der Waals surface area contributed by atoms with E-state index in [0.29, 0.717) is 25.9 Å². The van der Waals surface area contributed by atoms with Crippen molar-refractivity contribution in [2.45, 2.75) is 141 Å². The molecule has 0 aromatic rings. The fraction of sp³-hybridized carbons (Fsp3) is 0.861. The first kappa shape index (κ1) is 35.1. The van der Waals surface area contributed by atoms with Crippen LogP contribution in [0, 0.1) is 39.9 Å². The van der Waals surface area contributed by atoms with Gasteiger partial charge in [-0.3, -0.25) is 14.4 Å². The third-order valence-corrected chi connectivity index (χ3v) is 14.1. The molecule has 0 radical (unpaired) electrons. The second kappa shape index (κ2) is 10.9. The van der Waals surface area contributed by atoms with Crippen LogP contribution in [0.4, 0.5) is 0 Å². The third kappa shape index (κ3) is 4.00. The van der Waals surface area contributed by atoms with Gasteiger partial charge in [-0.25, -0.2) is 0 Å². The molecule has 13 nitrogen and oxygen atoms in total. The highest BCUT2D eigenvalue weighted by atomic mass is 16.8. The Morgan fingerprint density at radius 2 is 1.82 bits per heavy atom. The minimum Gasteiger partial charge on any atom is -0.501 e. The molecular formula is C36H52O13. The molecule has 3 saturated heterocycles. The zero-order valence-electron chi connectivity index (χ0n) is 29.8. The summed E-state index contributed by atoms with van der Waals surface area (Å²) in [6.45, 7) is 11.2. The van der Waals surface area contributed by atoms with Crippen molar-refractivity contribution in [1.82, 2.24) is 0 Å². The summed E-state index contributed by atoms with van der Waals surface area (Å²) < 4.78 is 43.9. The van der Waals surface area contributed by atoms with Crippen LogP contribution in [-0.4, -0.2) is 94.3 Å². The van der Waals surface area contributed by atoms with Crippen LogP contribution in [0.2, 0.25) is 0 Å².